The SMILES string of the molecule is CC(C)(C)OC(=O)N1CCC(C)(OCOCC2CC2)CC1. The highest BCUT2D eigenvalue weighted by molar-refractivity contribution is 5.68. The Hall–Kier alpha value is -0.810. The molecule has 1 aliphatic heterocycles. The maximum absolute atomic E-state index is 12.0. The number of carbonyl (C=O) groups is 1. The van der Waals surface area contributed by atoms with E-state index in [9.17, 15) is 4.79 Å². The fraction of sp³-hybridized carbons (Fsp3) is 0.938. The molecule has 0 atom stereocenters. The van der Waals surface area contributed by atoms with Crippen LogP contribution in [0.3, 0.4) is 0 Å². The van der Waals surface area contributed by atoms with Crippen LogP contribution >= 0.6 is 0 Å². The molecular weight excluding hydrogens is 270 g/mol. The minimum Gasteiger partial charge on any atom is -0.444 e. The monoisotopic (exact) mass is 299 g/mol. The van der Waals surface area contributed by atoms with Gasteiger partial charge in [-0.25, -0.2) is 4.79 Å². The summed E-state index contributed by atoms with van der Waals surface area (Å²) in [6.45, 7) is 10.3. The molecule has 5 heteroatoms. The summed E-state index contributed by atoms with van der Waals surface area (Å²) >= 11 is 0. The second-order valence-corrected chi connectivity index (χ2v) is 7.49. The van der Waals surface area contributed by atoms with Crippen LogP contribution in [-0.4, -0.2) is 48.7 Å². The summed E-state index contributed by atoms with van der Waals surface area (Å²) in [5, 5.41) is 0. The normalized spacial score (nSPS) is 22.2. The summed E-state index contributed by atoms with van der Waals surface area (Å²) in [4.78, 5) is 13.8. The molecule has 21 heavy (non-hydrogen) atoms. The number of nitrogens with zero attached hydrogens (tertiary/aromatic N) is 1. The highest BCUT2D eigenvalue weighted by Crippen LogP contribution is 2.30. The second kappa shape index (κ2) is 6.53. The van der Waals surface area contributed by atoms with E-state index >= 15 is 0 Å². The van der Waals surface area contributed by atoms with E-state index in [1.54, 1.807) is 4.90 Å². The zero-order valence-electron chi connectivity index (χ0n) is 13.8. The molecule has 5 nitrogen and oxygen atoms in total. The Bertz CT molecular complexity index is 352. The lowest BCUT2D eigenvalue weighted by atomic mass is 9.94. The van der Waals surface area contributed by atoms with Gasteiger partial charge in [0.25, 0.3) is 0 Å². The van der Waals surface area contributed by atoms with E-state index < -0.39 is 5.60 Å². The Balaban J connectivity index is 1.67. The van der Waals surface area contributed by atoms with Gasteiger partial charge in [-0.15, -0.1) is 0 Å². The van der Waals surface area contributed by atoms with E-state index in [2.05, 4.69) is 6.92 Å². The first-order valence-corrected chi connectivity index (χ1v) is 7.97. The molecule has 1 saturated carbocycles. The largest absolute Gasteiger partial charge is 0.444 e. The molecule has 0 N–H and O–H groups in total. The molecule has 0 aromatic heterocycles. The third-order valence-electron chi connectivity index (χ3n) is 4.01. The summed E-state index contributed by atoms with van der Waals surface area (Å²) in [5.74, 6) is 0.760. The first-order valence-electron chi connectivity index (χ1n) is 7.97. The number of hydrogen-bond acceptors (Lipinski definition) is 4. The molecular formula is C16H29NO4. The third kappa shape index (κ3) is 5.83. The minimum absolute atomic E-state index is 0.192. The summed E-state index contributed by atoms with van der Waals surface area (Å²) in [5.41, 5.74) is -0.632. The van der Waals surface area contributed by atoms with Crippen molar-refractivity contribution in [2.45, 2.75) is 64.6 Å². The Morgan fingerprint density at radius 2 is 1.86 bits per heavy atom. The summed E-state index contributed by atoms with van der Waals surface area (Å²) < 4.78 is 16.8. The first kappa shape index (κ1) is 16.6. The van der Waals surface area contributed by atoms with Crippen LogP contribution in [0, 0.1) is 5.92 Å². The van der Waals surface area contributed by atoms with Gasteiger partial charge in [0.05, 0.1) is 12.2 Å². The molecule has 1 heterocycles. The van der Waals surface area contributed by atoms with Gasteiger partial charge in [0, 0.05) is 13.1 Å². The van der Waals surface area contributed by atoms with E-state index in [0.717, 1.165) is 25.4 Å². The van der Waals surface area contributed by atoms with Gasteiger partial charge in [-0.1, -0.05) is 0 Å². The zero-order chi connectivity index (χ0) is 15.5. The van der Waals surface area contributed by atoms with Crippen molar-refractivity contribution in [2.75, 3.05) is 26.5 Å². The van der Waals surface area contributed by atoms with E-state index in [-0.39, 0.29) is 11.7 Å². The summed E-state index contributed by atoms with van der Waals surface area (Å²) in [7, 11) is 0. The average molecular weight is 299 g/mol. The standard InChI is InChI=1S/C16H29NO4/c1-15(2,3)21-14(18)17-9-7-16(4,8-10-17)20-12-19-11-13-5-6-13/h13H,5-12H2,1-4H3. The molecule has 122 valence electrons. The van der Waals surface area contributed by atoms with Gasteiger partial charge in [-0.05, 0) is 59.3 Å². The van der Waals surface area contributed by atoms with Crippen molar-refractivity contribution >= 4 is 6.09 Å². The molecule has 0 aromatic carbocycles. The molecule has 0 aromatic rings. The van der Waals surface area contributed by atoms with Crippen molar-refractivity contribution in [3.8, 4) is 0 Å². The Morgan fingerprint density at radius 1 is 1.24 bits per heavy atom. The van der Waals surface area contributed by atoms with Crippen molar-refractivity contribution < 1.29 is 19.0 Å². The number of amides is 1. The van der Waals surface area contributed by atoms with Crippen molar-refractivity contribution in [3.63, 3.8) is 0 Å². The van der Waals surface area contributed by atoms with Crippen LogP contribution in [0.2, 0.25) is 0 Å². The molecule has 1 amide bonds. The Morgan fingerprint density at radius 3 is 2.38 bits per heavy atom. The molecule has 0 unspecified atom stereocenters. The predicted octanol–water partition coefficient (Wildman–Crippen LogP) is 3.18. The summed E-state index contributed by atoms with van der Waals surface area (Å²) in [6, 6.07) is 0. The lowest BCUT2D eigenvalue weighted by Gasteiger charge is -2.39. The number of rotatable bonds is 5. The highest BCUT2D eigenvalue weighted by atomic mass is 16.7. The molecule has 0 bridgehead atoms. The number of hydrogen-bond donors (Lipinski definition) is 0. The lowest BCUT2D eigenvalue weighted by Crippen LogP contribution is -2.48. The van der Waals surface area contributed by atoms with Crippen LogP contribution < -0.4 is 0 Å². The second-order valence-electron chi connectivity index (χ2n) is 7.49. The van der Waals surface area contributed by atoms with Gasteiger partial charge in [0.15, 0.2) is 0 Å². The van der Waals surface area contributed by atoms with Crippen LogP contribution in [0.4, 0.5) is 4.79 Å². The predicted molar refractivity (Wildman–Crippen MR) is 80.1 cm³/mol. The lowest BCUT2D eigenvalue weighted by molar-refractivity contribution is -0.153. The number of ether oxygens (including phenoxy) is 3. The Kier molecular flexibility index (Phi) is 5.15. The molecule has 0 radical (unpaired) electrons. The van der Waals surface area contributed by atoms with E-state index in [4.69, 9.17) is 14.2 Å². The maximum Gasteiger partial charge on any atom is 0.410 e. The molecule has 2 aliphatic rings. The molecule has 2 fully saturated rings. The molecule has 1 saturated heterocycles. The molecule has 1 aliphatic carbocycles. The first-order chi connectivity index (χ1) is 9.77. The molecule has 2 rings (SSSR count). The van der Waals surface area contributed by atoms with Gasteiger partial charge in [-0.3, -0.25) is 0 Å². The fourth-order valence-electron chi connectivity index (χ4n) is 2.32. The van der Waals surface area contributed by atoms with Crippen LogP contribution in [0.15, 0.2) is 0 Å². The summed E-state index contributed by atoms with van der Waals surface area (Å²) in [6.07, 6.45) is 4.00. The van der Waals surface area contributed by atoms with Crippen LogP contribution in [0.25, 0.3) is 0 Å². The van der Waals surface area contributed by atoms with Crippen molar-refractivity contribution in [2.24, 2.45) is 5.92 Å². The minimum atomic E-state index is -0.440. The zero-order valence-corrected chi connectivity index (χ0v) is 13.8. The van der Waals surface area contributed by atoms with Gasteiger partial charge >= 0.3 is 6.09 Å². The number of piperidine rings is 1. The van der Waals surface area contributed by atoms with Crippen LogP contribution in [0.1, 0.15) is 53.4 Å². The molecule has 0 spiro atoms. The third-order valence-corrected chi connectivity index (χ3v) is 4.01. The highest BCUT2D eigenvalue weighted by Gasteiger charge is 2.34. The Labute approximate surface area is 127 Å². The van der Waals surface area contributed by atoms with Crippen LogP contribution in [-0.2, 0) is 14.2 Å². The number of carbonyl (C=O) groups excluding carboxylic acids is 1. The van der Waals surface area contributed by atoms with Crippen molar-refractivity contribution in [1.82, 2.24) is 4.90 Å². The van der Waals surface area contributed by atoms with Crippen molar-refractivity contribution in [3.05, 3.63) is 0 Å². The number of likely N-dealkylation sites (tertiary alicyclic amines) is 1. The fourth-order valence-corrected chi connectivity index (χ4v) is 2.32. The quantitative estimate of drug-likeness (QED) is 0.578. The van der Waals surface area contributed by atoms with E-state index in [1.165, 1.54) is 12.8 Å². The van der Waals surface area contributed by atoms with Gasteiger partial charge in [-0.2, -0.15) is 0 Å². The van der Waals surface area contributed by atoms with E-state index in [0.29, 0.717) is 19.9 Å². The van der Waals surface area contributed by atoms with Crippen molar-refractivity contribution in [1.29, 1.82) is 0 Å². The average Bonchev–Trinajstić information content (AvgIpc) is 3.17. The van der Waals surface area contributed by atoms with Gasteiger partial charge < -0.3 is 19.1 Å². The maximum atomic E-state index is 12.0. The van der Waals surface area contributed by atoms with Crippen LogP contribution in [0.5, 0.6) is 0 Å². The smallest absolute Gasteiger partial charge is 0.410 e. The van der Waals surface area contributed by atoms with Gasteiger partial charge in [0.2, 0.25) is 0 Å². The van der Waals surface area contributed by atoms with Gasteiger partial charge in [0.1, 0.15) is 12.4 Å². The van der Waals surface area contributed by atoms with E-state index in [1.807, 2.05) is 20.8 Å². The topological polar surface area (TPSA) is 48.0 Å².